The van der Waals surface area contributed by atoms with E-state index in [1.54, 1.807) is 0 Å². The van der Waals surface area contributed by atoms with Crippen molar-refractivity contribution < 1.29 is 42.9 Å². The van der Waals surface area contributed by atoms with E-state index in [1.807, 2.05) is 21.1 Å². The van der Waals surface area contributed by atoms with Crippen molar-refractivity contribution in [1.82, 2.24) is 0 Å². The van der Waals surface area contributed by atoms with E-state index in [-0.39, 0.29) is 38.6 Å². The molecule has 79 heavy (non-hydrogen) atoms. The minimum Gasteiger partial charge on any atom is -0.477 e. The molecule has 446 valence electrons. The number of rotatable bonds is 55. The summed E-state index contributed by atoms with van der Waals surface area (Å²) in [5, 5.41) is 9.72. The number of carboxylic acids is 1. The zero-order valence-electron chi connectivity index (χ0n) is 50.7. The van der Waals surface area contributed by atoms with Crippen LogP contribution in [0.3, 0.4) is 0 Å². The summed E-state index contributed by atoms with van der Waals surface area (Å²) in [6.07, 6.45) is 83.7. The smallest absolute Gasteiger partial charge is 0.361 e. The van der Waals surface area contributed by atoms with Crippen molar-refractivity contribution in [3.63, 3.8) is 0 Å². The largest absolute Gasteiger partial charge is 0.477 e. The molecule has 1 N–H and O–H groups in total. The summed E-state index contributed by atoms with van der Waals surface area (Å²) in [6, 6.07) is 0. The minimum atomic E-state index is -1.54. The Morgan fingerprint density at radius 3 is 1.11 bits per heavy atom. The highest BCUT2D eigenvalue weighted by molar-refractivity contribution is 5.71. The van der Waals surface area contributed by atoms with Crippen LogP contribution in [0, 0.1) is 0 Å². The molecular weight excluding hydrogens is 983 g/mol. The van der Waals surface area contributed by atoms with Gasteiger partial charge in [-0.2, -0.15) is 0 Å². The molecule has 0 aromatic rings. The number of carboxylic acid groups (broad SMARTS) is 1. The Bertz CT molecular complexity index is 1800. The summed E-state index contributed by atoms with van der Waals surface area (Å²) in [5.74, 6) is -2.11. The van der Waals surface area contributed by atoms with Gasteiger partial charge in [-0.1, -0.05) is 237 Å². The fourth-order valence-electron chi connectivity index (χ4n) is 7.84. The van der Waals surface area contributed by atoms with E-state index in [9.17, 15) is 19.5 Å². The predicted molar refractivity (Wildman–Crippen MR) is 336 cm³/mol. The number of esters is 2. The van der Waals surface area contributed by atoms with Gasteiger partial charge in [-0.05, 0) is 116 Å². The lowest BCUT2D eigenvalue weighted by Gasteiger charge is -2.25. The van der Waals surface area contributed by atoms with Crippen LogP contribution in [0.5, 0.6) is 0 Å². The number of unbranched alkanes of at least 4 members (excludes halogenated alkanes) is 16. The van der Waals surface area contributed by atoms with Gasteiger partial charge in [0.15, 0.2) is 6.10 Å². The molecule has 0 aliphatic rings. The summed E-state index contributed by atoms with van der Waals surface area (Å²) >= 11 is 0. The molecular formula is C70H114NO8+. The summed E-state index contributed by atoms with van der Waals surface area (Å²) in [4.78, 5) is 37.5. The summed E-state index contributed by atoms with van der Waals surface area (Å²) in [5.41, 5.74) is 0. The average Bonchev–Trinajstić information content (AvgIpc) is 3.42. The number of hydrogen-bond acceptors (Lipinski definition) is 7. The van der Waals surface area contributed by atoms with Crippen LogP contribution in [0.2, 0.25) is 0 Å². The molecule has 2 unspecified atom stereocenters. The van der Waals surface area contributed by atoms with Gasteiger partial charge in [-0.25, -0.2) is 4.79 Å². The summed E-state index contributed by atoms with van der Waals surface area (Å²) in [6.45, 7) is 4.66. The van der Waals surface area contributed by atoms with Crippen LogP contribution in [0.1, 0.15) is 219 Å². The van der Waals surface area contributed by atoms with Gasteiger partial charge in [-0.3, -0.25) is 9.59 Å². The topological polar surface area (TPSA) is 108 Å². The first-order chi connectivity index (χ1) is 38.6. The lowest BCUT2D eigenvalue weighted by atomic mass is 10.1. The van der Waals surface area contributed by atoms with Gasteiger partial charge in [0.2, 0.25) is 0 Å². The van der Waals surface area contributed by atoms with Gasteiger partial charge in [0.1, 0.15) is 13.2 Å². The maximum Gasteiger partial charge on any atom is 0.361 e. The van der Waals surface area contributed by atoms with Crippen LogP contribution in [0.15, 0.2) is 146 Å². The van der Waals surface area contributed by atoms with Crippen LogP contribution in [0.25, 0.3) is 0 Å². The van der Waals surface area contributed by atoms with E-state index >= 15 is 0 Å². The highest BCUT2D eigenvalue weighted by atomic mass is 16.7. The number of allylic oxidation sites excluding steroid dienone is 24. The molecule has 9 nitrogen and oxygen atoms in total. The zero-order valence-corrected chi connectivity index (χ0v) is 50.7. The van der Waals surface area contributed by atoms with E-state index in [0.717, 1.165) is 103 Å². The Morgan fingerprint density at radius 2 is 0.734 bits per heavy atom. The van der Waals surface area contributed by atoms with Gasteiger partial charge in [0, 0.05) is 12.8 Å². The molecule has 0 spiro atoms. The molecule has 0 saturated carbocycles. The first kappa shape index (κ1) is 74.2. The van der Waals surface area contributed by atoms with Crippen LogP contribution in [0.4, 0.5) is 0 Å². The van der Waals surface area contributed by atoms with E-state index in [4.69, 9.17) is 18.9 Å². The quantitative estimate of drug-likeness (QED) is 0.0211. The summed E-state index contributed by atoms with van der Waals surface area (Å²) < 4.78 is 22.8. The standard InChI is InChI=1S/C70H113NO8/c1-6-8-10-12-14-16-18-20-22-24-26-28-30-32-33-34-35-37-39-41-43-45-47-49-51-53-55-57-59-61-68(73)79-66(65-78-70(69(74)75)76-63-62-71(3,4)5)64-77-67(72)60-58-56-54-52-50-48-46-44-42-40-38-36-31-29-27-25-23-21-19-17-15-13-11-9-7-2/h8,10,14,16,19-22,25-28,31-33,35-37,41,43,47,49,53,55,66,70H,6-7,9,11-13,15,17-18,23-24,29-30,34,38-40,42,44-46,48,50-52,54,56-65H2,1-5H3/p+1/b10-8-,16-14-,21-19-,22-20-,27-25-,28-26-,33-32-,36-31-,37-35-,43-41-,49-47-,55-53-. The van der Waals surface area contributed by atoms with Crippen molar-refractivity contribution in [3.05, 3.63) is 146 Å². The molecule has 0 bridgehead atoms. The molecule has 0 aromatic carbocycles. The fourth-order valence-corrected chi connectivity index (χ4v) is 7.84. The second-order valence-corrected chi connectivity index (χ2v) is 21.3. The number of ether oxygens (including phenoxy) is 4. The fraction of sp³-hybridized carbons (Fsp3) is 0.614. The number of hydrogen-bond donors (Lipinski definition) is 1. The Morgan fingerprint density at radius 1 is 0.392 bits per heavy atom. The Kier molecular flexibility index (Phi) is 55.7. The molecule has 0 fully saturated rings. The van der Waals surface area contributed by atoms with Gasteiger partial charge in [-0.15, -0.1) is 0 Å². The highest BCUT2D eigenvalue weighted by Gasteiger charge is 2.25. The van der Waals surface area contributed by atoms with E-state index in [1.165, 1.54) is 77.0 Å². The number of carbonyl (C=O) groups is 3. The van der Waals surface area contributed by atoms with Crippen molar-refractivity contribution in [2.24, 2.45) is 0 Å². The first-order valence-electron chi connectivity index (χ1n) is 31.0. The predicted octanol–water partition coefficient (Wildman–Crippen LogP) is 18.8. The number of quaternary nitrogens is 1. The number of aliphatic carboxylic acids is 1. The number of carbonyl (C=O) groups excluding carboxylic acids is 2. The van der Waals surface area contributed by atoms with E-state index in [0.29, 0.717) is 23.9 Å². The lowest BCUT2D eigenvalue weighted by Crippen LogP contribution is -2.40. The van der Waals surface area contributed by atoms with Crippen molar-refractivity contribution in [2.45, 2.75) is 232 Å². The molecule has 2 atom stereocenters. The highest BCUT2D eigenvalue weighted by Crippen LogP contribution is 2.14. The van der Waals surface area contributed by atoms with Crippen molar-refractivity contribution >= 4 is 17.9 Å². The molecule has 0 rings (SSSR count). The Hall–Kier alpha value is -4.83. The van der Waals surface area contributed by atoms with Crippen molar-refractivity contribution in [3.8, 4) is 0 Å². The number of likely N-dealkylation sites (N-methyl/N-ethyl adjacent to an activating group) is 1. The third kappa shape index (κ3) is 60.7. The molecule has 0 heterocycles. The van der Waals surface area contributed by atoms with Crippen LogP contribution in [-0.2, 0) is 33.3 Å². The van der Waals surface area contributed by atoms with Crippen LogP contribution in [-0.4, -0.2) is 87.4 Å². The van der Waals surface area contributed by atoms with Crippen molar-refractivity contribution in [1.29, 1.82) is 0 Å². The van der Waals surface area contributed by atoms with Crippen LogP contribution < -0.4 is 0 Å². The molecule has 0 saturated heterocycles. The monoisotopic (exact) mass is 1100 g/mol. The third-order valence-electron chi connectivity index (χ3n) is 12.6. The molecule has 9 heteroatoms. The zero-order chi connectivity index (χ0) is 57.6. The van der Waals surface area contributed by atoms with Crippen molar-refractivity contribution in [2.75, 3.05) is 47.5 Å². The second kappa shape index (κ2) is 59.3. The minimum absolute atomic E-state index is 0.167. The van der Waals surface area contributed by atoms with Crippen LogP contribution >= 0.6 is 0 Å². The lowest BCUT2D eigenvalue weighted by molar-refractivity contribution is -0.870. The molecule has 0 radical (unpaired) electrons. The summed E-state index contributed by atoms with van der Waals surface area (Å²) in [7, 11) is 5.94. The maximum absolute atomic E-state index is 12.9. The maximum atomic E-state index is 12.9. The first-order valence-corrected chi connectivity index (χ1v) is 31.0. The molecule has 0 aliphatic heterocycles. The van der Waals surface area contributed by atoms with E-state index < -0.39 is 24.3 Å². The SMILES string of the molecule is CC/C=C\C/C=C\C/C=C\C/C=C\C/C=C\C/C=C\C/C=C\C/C=C\C/C=C\CCCC(=O)OC(COC(=O)CCCCCCCCCCCC/C=C\C/C=C\C/C=C\CCCCCCC)COC(OCC[N+](C)(C)C)C(=O)O. The Labute approximate surface area is 483 Å². The molecule has 0 amide bonds. The van der Waals surface area contributed by atoms with Gasteiger partial charge in [0.05, 0.1) is 34.4 Å². The van der Waals surface area contributed by atoms with Gasteiger partial charge < -0.3 is 28.5 Å². The van der Waals surface area contributed by atoms with Gasteiger partial charge in [0.25, 0.3) is 6.29 Å². The van der Waals surface area contributed by atoms with E-state index in [2.05, 4.69) is 160 Å². The Balaban J connectivity index is 4.38. The van der Waals surface area contributed by atoms with Gasteiger partial charge >= 0.3 is 17.9 Å². The normalized spacial score (nSPS) is 13.8. The molecule has 0 aromatic heterocycles. The molecule has 0 aliphatic carbocycles. The third-order valence-corrected chi connectivity index (χ3v) is 12.6. The number of nitrogens with zero attached hydrogens (tertiary/aromatic N) is 1. The second-order valence-electron chi connectivity index (χ2n) is 21.3. The average molecular weight is 1100 g/mol.